The van der Waals surface area contributed by atoms with Crippen LogP contribution in [0.15, 0.2) is 70.5 Å². The van der Waals surface area contributed by atoms with E-state index in [4.69, 9.17) is 10.5 Å². The van der Waals surface area contributed by atoms with Gasteiger partial charge in [-0.15, -0.1) is 0 Å². The van der Waals surface area contributed by atoms with Crippen molar-refractivity contribution in [2.75, 3.05) is 6.61 Å². The molecule has 1 aliphatic heterocycles. The van der Waals surface area contributed by atoms with Crippen LogP contribution in [0.1, 0.15) is 33.8 Å². The van der Waals surface area contributed by atoms with Gasteiger partial charge in [0.05, 0.1) is 17.1 Å². The Morgan fingerprint density at radius 2 is 1.79 bits per heavy atom. The first kappa shape index (κ1) is 22.3. The zero-order chi connectivity index (χ0) is 24.0. The molecule has 34 heavy (non-hydrogen) atoms. The van der Waals surface area contributed by atoms with Crippen molar-refractivity contribution >= 4 is 28.6 Å². The molecule has 0 aliphatic carbocycles. The van der Waals surface area contributed by atoms with E-state index in [-0.39, 0.29) is 28.7 Å². The van der Waals surface area contributed by atoms with Crippen molar-refractivity contribution in [3.63, 3.8) is 0 Å². The molecule has 1 aliphatic rings. The Balaban J connectivity index is 1.76. The van der Waals surface area contributed by atoms with Gasteiger partial charge in [0.1, 0.15) is 22.6 Å². The van der Waals surface area contributed by atoms with Crippen molar-refractivity contribution in [2.45, 2.75) is 23.9 Å². The number of aromatic nitrogens is 1. The van der Waals surface area contributed by atoms with Crippen LogP contribution in [-0.4, -0.2) is 17.1 Å². The van der Waals surface area contributed by atoms with E-state index >= 15 is 4.39 Å². The summed E-state index contributed by atoms with van der Waals surface area (Å²) >= 11 is 1.31. The molecule has 1 aromatic heterocycles. The van der Waals surface area contributed by atoms with Gasteiger partial charge >= 0.3 is 5.97 Å². The maximum Gasteiger partial charge on any atom is 0.344 e. The van der Waals surface area contributed by atoms with Gasteiger partial charge in [-0.25, -0.2) is 13.6 Å². The fourth-order valence-electron chi connectivity index (χ4n) is 4.13. The zero-order valence-electron chi connectivity index (χ0n) is 18.2. The summed E-state index contributed by atoms with van der Waals surface area (Å²) in [5.74, 6) is -1.69. The smallest absolute Gasteiger partial charge is 0.344 e. The van der Waals surface area contributed by atoms with Gasteiger partial charge in [-0.2, -0.15) is 0 Å². The minimum absolute atomic E-state index is 0.0824. The van der Waals surface area contributed by atoms with Gasteiger partial charge in [0.25, 0.3) is 0 Å². The van der Waals surface area contributed by atoms with Crippen LogP contribution in [0.2, 0.25) is 0 Å². The first-order valence-electron chi connectivity index (χ1n) is 10.7. The summed E-state index contributed by atoms with van der Waals surface area (Å²) in [6.45, 7) is 2.13. The molecule has 172 valence electrons. The van der Waals surface area contributed by atoms with E-state index in [0.29, 0.717) is 28.2 Å². The Bertz CT molecular complexity index is 1480. The number of rotatable bonds is 5. The van der Waals surface area contributed by atoms with Crippen LogP contribution in [0, 0.1) is 11.6 Å². The van der Waals surface area contributed by atoms with E-state index in [9.17, 15) is 14.0 Å². The summed E-state index contributed by atoms with van der Waals surface area (Å²) in [5.41, 5.74) is 8.13. The molecule has 0 bridgehead atoms. The normalized spacial score (nSPS) is 14.5. The number of halogens is 2. The Labute approximate surface area is 198 Å². The molecule has 1 atom stereocenters. The highest BCUT2D eigenvalue weighted by molar-refractivity contribution is 8.00. The number of pyridine rings is 1. The van der Waals surface area contributed by atoms with Crippen LogP contribution in [0.3, 0.4) is 0 Å². The van der Waals surface area contributed by atoms with Crippen LogP contribution < -0.4 is 11.2 Å². The number of thioether (sulfide) groups is 1. The molecule has 8 heteroatoms. The largest absolute Gasteiger partial charge is 0.462 e. The third-order valence-corrected chi connectivity index (χ3v) is 7.17. The molecule has 0 saturated heterocycles. The maximum atomic E-state index is 15.2. The van der Waals surface area contributed by atoms with Crippen LogP contribution >= 0.6 is 11.8 Å². The highest BCUT2D eigenvalue weighted by Gasteiger charge is 2.37. The number of nitrogens with two attached hydrogens (primary N) is 1. The molecule has 2 N–H and O–H groups in total. The molecule has 0 amide bonds. The second kappa shape index (κ2) is 8.70. The molecule has 0 fully saturated rings. The van der Waals surface area contributed by atoms with Crippen LogP contribution in [0.5, 0.6) is 0 Å². The average molecular weight is 479 g/mol. The molecule has 1 unspecified atom stereocenters. The molecule has 5 nitrogen and oxygen atoms in total. The lowest BCUT2D eigenvalue weighted by Gasteiger charge is -2.35. The fraction of sp³-hybridized carbons (Fsp3) is 0.154. The summed E-state index contributed by atoms with van der Waals surface area (Å²) in [6, 6.07) is 16.0. The van der Waals surface area contributed by atoms with Crippen molar-refractivity contribution in [1.29, 1.82) is 0 Å². The Kier molecular flexibility index (Phi) is 5.71. The number of nitrogens with zero attached hydrogens (tertiary/aromatic N) is 1. The molecule has 0 saturated carbocycles. The molecule has 0 radical (unpaired) electrons. The Hall–Kier alpha value is -3.49. The van der Waals surface area contributed by atoms with Gasteiger partial charge in [0.15, 0.2) is 0 Å². The van der Waals surface area contributed by atoms with E-state index in [0.717, 1.165) is 11.1 Å². The minimum Gasteiger partial charge on any atom is -0.462 e. The molecule has 0 spiro atoms. The van der Waals surface area contributed by atoms with Crippen molar-refractivity contribution in [2.24, 2.45) is 5.73 Å². The number of carbonyl (C=O) groups is 1. The highest BCUT2D eigenvalue weighted by Crippen LogP contribution is 2.50. The van der Waals surface area contributed by atoms with Crippen molar-refractivity contribution < 1.29 is 18.3 Å². The second-order valence-electron chi connectivity index (χ2n) is 7.87. The predicted octanol–water partition coefficient (Wildman–Crippen LogP) is 5.23. The molecule has 2 heterocycles. The van der Waals surface area contributed by atoms with Gasteiger partial charge in [-0.1, -0.05) is 48.2 Å². The molecular formula is C26H20F2N2O3S. The lowest BCUT2D eigenvalue weighted by Crippen LogP contribution is -2.30. The van der Waals surface area contributed by atoms with Crippen molar-refractivity contribution in [1.82, 2.24) is 4.57 Å². The summed E-state index contributed by atoms with van der Waals surface area (Å²) in [7, 11) is 0. The van der Waals surface area contributed by atoms with Crippen molar-refractivity contribution in [3.8, 4) is 11.1 Å². The highest BCUT2D eigenvalue weighted by atomic mass is 32.2. The predicted molar refractivity (Wildman–Crippen MR) is 128 cm³/mol. The summed E-state index contributed by atoms with van der Waals surface area (Å²) in [5, 5.41) is 0.213. The van der Waals surface area contributed by atoms with Gasteiger partial charge in [-0.05, 0) is 47.9 Å². The van der Waals surface area contributed by atoms with Gasteiger partial charge < -0.3 is 15.0 Å². The van der Waals surface area contributed by atoms with E-state index in [1.807, 2.05) is 16.7 Å². The standard InChI is InChI=1S/C26H20F2N2O3S/c1-2-33-26(32)22-23(31)19-11-20(28)18(15-5-3-14(13-29)4-6-15)12-21(19)30-24(34-25(22)30)16-7-9-17(27)10-8-16/h3-12,24H,2,13,29H2,1H3. The third-order valence-electron chi connectivity index (χ3n) is 5.84. The number of hydrogen-bond donors (Lipinski definition) is 1. The molecule has 5 rings (SSSR count). The zero-order valence-corrected chi connectivity index (χ0v) is 19.0. The van der Waals surface area contributed by atoms with Crippen LogP contribution in [-0.2, 0) is 11.3 Å². The lowest BCUT2D eigenvalue weighted by molar-refractivity contribution is 0.0518. The van der Waals surface area contributed by atoms with E-state index in [2.05, 4.69) is 0 Å². The number of carbonyl (C=O) groups excluding carboxylic acids is 1. The summed E-state index contributed by atoms with van der Waals surface area (Å²) in [6.07, 6.45) is 0. The maximum absolute atomic E-state index is 15.2. The summed E-state index contributed by atoms with van der Waals surface area (Å²) < 4.78 is 35.7. The topological polar surface area (TPSA) is 74.3 Å². The summed E-state index contributed by atoms with van der Waals surface area (Å²) in [4.78, 5) is 25.9. The number of fused-ring (bicyclic) bond motifs is 3. The van der Waals surface area contributed by atoms with Crippen LogP contribution in [0.25, 0.3) is 22.0 Å². The Morgan fingerprint density at radius 1 is 1.09 bits per heavy atom. The number of benzene rings is 3. The Morgan fingerprint density at radius 3 is 2.44 bits per heavy atom. The first-order valence-corrected chi connectivity index (χ1v) is 11.6. The molecular weight excluding hydrogens is 458 g/mol. The quantitative estimate of drug-likeness (QED) is 0.398. The minimum atomic E-state index is -0.745. The average Bonchev–Trinajstić information content (AvgIpc) is 2.82. The number of esters is 1. The van der Waals surface area contributed by atoms with Gasteiger partial charge in [0.2, 0.25) is 5.43 Å². The van der Waals surface area contributed by atoms with E-state index < -0.39 is 17.2 Å². The van der Waals surface area contributed by atoms with Crippen molar-refractivity contribution in [3.05, 3.63) is 99.2 Å². The van der Waals surface area contributed by atoms with Gasteiger partial charge in [0, 0.05) is 17.5 Å². The van der Waals surface area contributed by atoms with Crippen LogP contribution in [0.4, 0.5) is 8.78 Å². The third kappa shape index (κ3) is 3.59. The lowest BCUT2D eigenvalue weighted by atomic mass is 10.00. The second-order valence-corrected chi connectivity index (χ2v) is 8.94. The molecule has 3 aromatic carbocycles. The number of ether oxygens (including phenoxy) is 1. The van der Waals surface area contributed by atoms with E-state index in [1.165, 1.54) is 30.0 Å². The van der Waals surface area contributed by atoms with E-state index in [1.54, 1.807) is 37.3 Å². The first-order chi connectivity index (χ1) is 16.4. The molecule has 4 aromatic rings. The SMILES string of the molecule is CCOC(=O)c1c2n(c3cc(-c4ccc(CN)cc4)c(F)cc3c1=O)C(c1ccc(F)cc1)S2. The van der Waals surface area contributed by atoms with Gasteiger partial charge in [-0.3, -0.25) is 4.79 Å². The monoisotopic (exact) mass is 478 g/mol. The number of hydrogen-bond acceptors (Lipinski definition) is 5. The fourth-order valence-corrected chi connectivity index (χ4v) is 5.41.